The first-order chi connectivity index (χ1) is 12.6. The Morgan fingerprint density at radius 3 is 2.54 bits per heavy atom. The molecule has 0 radical (unpaired) electrons. The first-order valence-corrected chi connectivity index (χ1v) is 8.54. The van der Waals surface area contributed by atoms with E-state index in [-0.39, 0.29) is 11.5 Å². The van der Waals surface area contributed by atoms with Gasteiger partial charge in [0.2, 0.25) is 11.8 Å². The number of anilines is 1. The van der Waals surface area contributed by atoms with Crippen molar-refractivity contribution in [1.82, 2.24) is 9.97 Å². The molecule has 130 valence electrons. The number of halogens is 1. The molecule has 0 unspecified atom stereocenters. The maximum atomic E-state index is 11.5. The lowest BCUT2D eigenvalue weighted by molar-refractivity contribution is 1.01. The minimum atomic E-state index is -0.280. The number of rotatable bonds is 4. The number of amidine groups is 1. The number of aryl methyl sites for hydroxylation is 1. The van der Waals surface area contributed by atoms with Gasteiger partial charge in [0, 0.05) is 21.8 Å². The Bertz CT molecular complexity index is 996. The van der Waals surface area contributed by atoms with Gasteiger partial charge in [-0.05, 0) is 31.2 Å². The summed E-state index contributed by atoms with van der Waals surface area (Å²) in [6.07, 6.45) is 0. The molecule has 2 aromatic carbocycles. The molecule has 8 heteroatoms. The minimum absolute atomic E-state index is 0.127. The van der Waals surface area contributed by atoms with Crippen LogP contribution in [0.25, 0.3) is 0 Å². The molecule has 0 saturated heterocycles. The fourth-order valence-electron chi connectivity index (χ4n) is 2.08. The maximum Gasteiger partial charge on any atom is 0.252 e. The summed E-state index contributed by atoms with van der Waals surface area (Å²) in [7, 11) is 0. The molecule has 0 bridgehead atoms. The summed E-state index contributed by atoms with van der Waals surface area (Å²) in [5, 5.41) is 12.5. The van der Waals surface area contributed by atoms with Gasteiger partial charge < -0.3 is 0 Å². The van der Waals surface area contributed by atoms with Crippen molar-refractivity contribution in [3.63, 3.8) is 0 Å². The molecule has 0 aliphatic carbocycles. The van der Waals surface area contributed by atoms with E-state index < -0.39 is 0 Å². The first kappa shape index (κ1) is 17.7. The number of hydrogen-bond acceptors (Lipinski definition) is 5. The second-order valence-electron chi connectivity index (χ2n) is 5.33. The molecule has 0 spiro atoms. The summed E-state index contributed by atoms with van der Waals surface area (Å²) in [5.74, 6) is 0.486. The van der Waals surface area contributed by atoms with Gasteiger partial charge in [-0.1, -0.05) is 46.3 Å². The summed E-state index contributed by atoms with van der Waals surface area (Å²) in [6, 6.07) is 18.4. The summed E-state index contributed by atoms with van der Waals surface area (Å²) in [4.78, 5) is 18.2. The molecule has 3 rings (SSSR count). The van der Waals surface area contributed by atoms with Gasteiger partial charge in [0.1, 0.15) is 0 Å². The number of hydrazone groups is 1. The third-order valence-electron chi connectivity index (χ3n) is 3.26. The molecule has 2 N–H and O–H groups in total. The van der Waals surface area contributed by atoms with Gasteiger partial charge in [0.25, 0.3) is 5.56 Å². The molecule has 7 nitrogen and oxygen atoms in total. The summed E-state index contributed by atoms with van der Waals surface area (Å²) in [5.41, 5.74) is 4.81. The fourth-order valence-corrected chi connectivity index (χ4v) is 2.34. The fraction of sp³-hybridized carbons (Fsp3) is 0.0556. The van der Waals surface area contributed by atoms with E-state index in [1.807, 2.05) is 54.6 Å². The van der Waals surface area contributed by atoms with E-state index in [1.165, 1.54) is 6.07 Å². The van der Waals surface area contributed by atoms with Crippen LogP contribution in [-0.2, 0) is 0 Å². The standard InChI is InChI=1S/C18H15BrN6O/c1-12-11-16(26)21-18(20-12)25-24-17(13-5-3-2-4-6-13)23-22-15-9-7-14(19)8-10-15/h2-11,22H,1H3,(H,20,21,26). The predicted octanol–water partition coefficient (Wildman–Crippen LogP) is 4.40. The van der Waals surface area contributed by atoms with Gasteiger partial charge in [-0.2, -0.15) is 5.10 Å². The average molecular weight is 411 g/mol. The second-order valence-corrected chi connectivity index (χ2v) is 6.25. The average Bonchev–Trinajstić information content (AvgIpc) is 2.63. The van der Waals surface area contributed by atoms with Crippen LogP contribution in [-0.4, -0.2) is 15.8 Å². The van der Waals surface area contributed by atoms with E-state index in [2.05, 4.69) is 46.7 Å². The van der Waals surface area contributed by atoms with Gasteiger partial charge in [-0.25, -0.2) is 4.98 Å². The highest BCUT2D eigenvalue weighted by Crippen LogP contribution is 2.15. The molecule has 0 amide bonds. The van der Waals surface area contributed by atoms with E-state index in [0.717, 1.165) is 15.7 Å². The molecule has 0 atom stereocenters. The van der Waals surface area contributed by atoms with E-state index in [9.17, 15) is 4.79 Å². The van der Waals surface area contributed by atoms with E-state index in [4.69, 9.17) is 0 Å². The third kappa shape index (κ3) is 4.93. The number of aromatic amines is 1. The molecular weight excluding hydrogens is 396 g/mol. The Morgan fingerprint density at radius 1 is 1.12 bits per heavy atom. The quantitative estimate of drug-likeness (QED) is 0.288. The molecule has 0 aliphatic heterocycles. The SMILES string of the molecule is Cc1cc(=O)[nH]c(N=NC(=NNc2ccc(Br)cc2)c2ccccc2)n1. The Hall–Kier alpha value is -3.13. The van der Waals surface area contributed by atoms with Gasteiger partial charge in [0.15, 0.2) is 0 Å². The van der Waals surface area contributed by atoms with Crippen molar-refractivity contribution in [2.24, 2.45) is 15.3 Å². The van der Waals surface area contributed by atoms with Crippen LogP contribution in [0.5, 0.6) is 0 Å². The zero-order valence-corrected chi connectivity index (χ0v) is 15.4. The normalized spacial score (nSPS) is 11.7. The number of aromatic nitrogens is 2. The maximum absolute atomic E-state index is 11.5. The first-order valence-electron chi connectivity index (χ1n) is 7.74. The minimum Gasteiger partial charge on any atom is -0.290 e. The van der Waals surface area contributed by atoms with Gasteiger partial charge in [0.05, 0.1) is 5.69 Å². The molecule has 0 fully saturated rings. The zero-order valence-electron chi connectivity index (χ0n) is 13.8. The van der Waals surface area contributed by atoms with Crippen LogP contribution in [0, 0.1) is 6.92 Å². The number of benzene rings is 2. The lowest BCUT2D eigenvalue weighted by Gasteiger charge is -2.03. The lowest BCUT2D eigenvalue weighted by atomic mass is 10.2. The smallest absolute Gasteiger partial charge is 0.252 e. The largest absolute Gasteiger partial charge is 0.290 e. The van der Waals surface area contributed by atoms with Crippen molar-refractivity contribution in [3.05, 3.63) is 86.7 Å². The zero-order chi connectivity index (χ0) is 18.4. The summed E-state index contributed by atoms with van der Waals surface area (Å²) in [6.45, 7) is 1.72. The van der Waals surface area contributed by atoms with Crippen molar-refractivity contribution < 1.29 is 0 Å². The highest BCUT2D eigenvalue weighted by atomic mass is 79.9. The van der Waals surface area contributed by atoms with Crippen molar-refractivity contribution in [2.75, 3.05) is 5.43 Å². The predicted molar refractivity (Wildman–Crippen MR) is 105 cm³/mol. The van der Waals surface area contributed by atoms with Crippen LogP contribution >= 0.6 is 15.9 Å². The number of nitrogens with zero attached hydrogens (tertiary/aromatic N) is 4. The summed E-state index contributed by atoms with van der Waals surface area (Å²) >= 11 is 3.39. The Labute approximate surface area is 158 Å². The highest BCUT2D eigenvalue weighted by Gasteiger charge is 2.03. The van der Waals surface area contributed by atoms with Crippen molar-refractivity contribution in [2.45, 2.75) is 6.92 Å². The number of hydrogen-bond donors (Lipinski definition) is 2. The van der Waals surface area contributed by atoms with Crippen LogP contribution in [0.4, 0.5) is 11.6 Å². The van der Waals surface area contributed by atoms with Gasteiger partial charge in [-0.3, -0.25) is 15.2 Å². The van der Waals surface area contributed by atoms with Crippen LogP contribution in [0.15, 0.2) is 85.3 Å². The molecule has 1 heterocycles. The second kappa shape index (κ2) is 8.30. The molecule has 3 aromatic rings. The third-order valence-corrected chi connectivity index (χ3v) is 3.79. The van der Waals surface area contributed by atoms with Crippen molar-refractivity contribution in [1.29, 1.82) is 0 Å². The van der Waals surface area contributed by atoms with Gasteiger partial charge in [-0.15, -0.1) is 10.2 Å². The van der Waals surface area contributed by atoms with Crippen LogP contribution in [0.2, 0.25) is 0 Å². The molecule has 1 aromatic heterocycles. The Balaban J connectivity index is 1.90. The van der Waals surface area contributed by atoms with E-state index >= 15 is 0 Å². The highest BCUT2D eigenvalue weighted by molar-refractivity contribution is 9.10. The van der Waals surface area contributed by atoms with E-state index in [0.29, 0.717) is 11.5 Å². The van der Waals surface area contributed by atoms with Crippen molar-refractivity contribution in [3.8, 4) is 0 Å². The Kier molecular flexibility index (Phi) is 5.65. The number of H-pyrrole nitrogens is 1. The van der Waals surface area contributed by atoms with Crippen LogP contribution in [0.3, 0.4) is 0 Å². The number of nitrogens with one attached hydrogen (secondary N) is 2. The summed E-state index contributed by atoms with van der Waals surface area (Å²) < 4.78 is 0.976. The lowest BCUT2D eigenvalue weighted by Crippen LogP contribution is -2.06. The molecule has 26 heavy (non-hydrogen) atoms. The molecule has 0 aliphatic rings. The topological polar surface area (TPSA) is 94.9 Å². The molecular formula is C18H15BrN6O. The van der Waals surface area contributed by atoms with Gasteiger partial charge >= 0.3 is 0 Å². The Morgan fingerprint density at radius 2 is 1.85 bits per heavy atom. The molecule has 0 saturated carbocycles. The monoisotopic (exact) mass is 410 g/mol. The van der Waals surface area contributed by atoms with Crippen LogP contribution in [0.1, 0.15) is 11.3 Å². The van der Waals surface area contributed by atoms with Crippen molar-refractivity contribution >= 4 is 33.4 Å². The van der Waals surface area contributed by atoms with Crippen LogP contribution < -0.4 is 11.0 Å². The van der Waals surface area contributed by atoms with E-state index in [1.54, 1.807) is 6.92 Å². The number of azo groups is 1.